The van der Waals surface area contributed by atoms with E-state index in [0.717, 1.165) is 11.3 Å². The summed E-state index contributed by atoms with van der Waals surface area (Å²) in [6.45, 7) is 6.26. The van der Waals surface area contributed by atoms with Gasteiger partial charge in [-0.15, -0.1) is 0 Å². The first-order chi connectivity index (χ1) is 10.3. The van der Waals surface area contributed by atoms with Crippen LogP contribution in [-0.2, 0) is 19.1 Å². The third-order valence-electron chi connectivity index (χ3n) is 3.66. The topological polar surface area (TPSA) is 55.8 Å². The van der Waals surface area contributed by atoms with Crippen LogP contribution in [0.15, 0.2) is 24.3 Å². The number of hydrogen-bond acceptors (Lipinski definition) is 4. The van der Waals surface area contributed by atoms with Gasteiger partial charge in [0.05, 0.1) is 18.6 Å². The Morgan fingerprint density at radius 2 is 1.95 bits per heavy atom. The average molecular weight is 305 g/mol. The van der Waals surface area contributed by atoms with Gasteiger partial charge in [0.15, 0.2) is 0 Å². The van der Waals surface area contributed by atoms with E-state index in [1.54, 1.807) is 4.90 Å². The molecule has 1 aromatic rings. The molecular formula is C17H23NO4. The van der Waals surface area contributed by atoms with Crippen molar-refractivity contribution in [1.29, 1.82) is 0 Å². The van der Waals surface area contributed by atoms with Gasteiger partial charge in [-0.3, -0.25) is 9.59 Å². The number of para-hydroxylation sites is 1. The molecule has 1 aliphatic heterocycles. The summed E-state index contributed by atoms with van der Waals surface area (Å²) < 4.78 is 10.4. The lowest BCUT2D eigenvalue weighted by molar-refractivity contribution is -0.142. The molecule has 0 saturated heterocycles. The predicted molar refractivity (Wildman–Crippen MR) is 83.9 cm³/mol. The first kappa shape index (κ1) is 16.5. The third-order valence-corrected chi connectivity index (χ3v) is 3.66. The van der Waals surface area contributed by atoms with E-state index in [-0.39, 0.29) is 30.0 Å². The normalized spacial score (nSPS) is 17.8. The molecule has 2 rings (SSSR count). The number of benzene rings is 1. The van der Waals surface area contributed by atoms with Gasteiger partial charge in [-0.1, -0.05) is 18.2 Å². The monoisotopic (exact) mass is 305 g/mol. The second-order valence-electron chi connectivity index (χ2n) is 6.37. The number of carbonyl (C=O) groups is 2. The molecule has 5 nitrogen and oxygen atoms in total. The summed E-state index contributed by atoms with van der Waals surface area (Å²) in [5, 5.41) is 0. The van der Waals surface area contributed by atoms with Gasteiger partial charge < -0.3 is 14.4 Å². The number of fused-ring (bicyclic) bond motifs is 1. The maximum atomic E-state index is 12.4. The van der Waals surface area contributed by atoms with Crippen molar-refractivity contribution < 1.29 is 19.1 Å². The minimum Gasteiger partial charge on any atom is -0.469 e. The summed E-state index contributed by atoms with van der Waals surface area (Å²) in [5.41, 5.74) is 1.25. The number of anilines is 1. The molecule has 5 heteroatoms. The van der Waals surface area contributed by atoms with Crippen molar-refractivity contribution in [2.24, 2.45) is 0 Å². The number of methoxy groups -OCH3 is 1. The zero-order chi connectivity index (χ0) is 16.3. The first-order valence-corrected chi connectivity index (χ1v) is 7.44. The Morgan fingerprint density at radius 1 is 1.27 bits per heavy atom. The zero-order valence-corrected chi connectivity index (χ0v) is 13.6. The lowest BCUT2D eigenvalue weighted by Gasteiger charge is -2.33. The molecule has 1 aliphatic rings. The molecule has 22 heavy (non-hydrogen) atoms. The highest BCUT2D eigenvalue weighted by Gasteiger charge is 2.33. The number of esters is 1. The van der Waals surface area contributed by atoms with Gasteiger partial charge in [-0.25, -0.2) is 0 Å². The molecule has 1 heterocycles. The Kier molecular flexibility index (Phi) is 4.86. The fourth-order valence-corrected chi connectivity index (χ4v) is 2.56. The lowest BCUT2D eigenvalue weighted by Crippen LogP contribution is -2.41. The maximum Gasteiger partial charge on any atom is 0.313 e. The molecule has 0 fully saturated rings. The summed E-state index contributed by atoms with van der Waals surface area (Å²) >= 11 is 0. The van der Waals surface area contributed by atoms with E-state index in [9.17, 15) is 9.59 Å². The quantitative estimate of drug-likeness (QED) is 0.805. The van der Waals surface area contributed by atoms with Gasteiger partial charge in [0.1, 0.15) is 6.61 Å². The molecule has 0 aromatic heterocycles. The summed E-state index contributed by atoms with van der Waals surface area (Å²) in [5.74, 6) is -0.662. The fraction of sp³-hybridized carbons (Fsp3) is 0.529. The van der Waals surface area contributed by atoms with E-state index < -0.39 is 0 Å². The summed E-state index contributed by atoms with van der Waals surface area (Å²) in [7, 11) is 1.39. The largest absolute Gasteiger partial charge is 0.469 e. The Balaban J connectivity index is 2.21. The van der Waals surface area contributed by atoms with Crippen molar-refractivity contribution in [3.8, 4) is 0 Å². The van der Waals surface area contributed by atoms with Gasteiger partial charge in [-0.2, -0.15) is 0 Å². The first-order valence-electron chi connectivity index (χ1n) is 7.44. The SMILES string of the molecule is COC(=O)C1CCN(C(=O)COC(C)(C)C)c2ccccc21. The summed E-state index contributed by atoms with van der Waals surface area (Å²) in [6, 6.07) is 7.47. The molecule has 1 amide bonds. The molecule has 1 aromatic carbocycles. The highest BCUT2D eigenvalue weighted by Crippen LogP contribution is 2.35. The van der Waals surface area contributed by atoms with E-state index in [1.165, 1.54) is 7.11 Å². The second kappa shape index (κ2) is 6.48. The van der Waals surface area contributed by atoms with Crippen LogP contribution in [0.1, 0.15) is 38.7 Å². The molecule has 0 bridgehead atoms. The summed E-state index contributed by atoms with van der Waals surface area (Å²) in [4.78, 5) is 26.0. The highest BCUT2D eigenvalue weighted by molar-refractivity contribution is 5.97. The molecule has 0 saturated carbocycles. The van der Waals surface area contributed by atoms with Crippen molar-refractivity contribution in [3.63, 3.8) is 0 Å². The second-order valence-corrected chi connectivity index (χ2v) is 6.37. The zero-order valence-electron chi connectivity index (χ0n) is 13.6. The van der Waals surface area contributed by atoms with Gasteiger partial charge in [0.25, 0.3) is 5.91 Å². The Labute approximate surface area is 131 Å². The van der Waals surface area contributed by atoms with E-state index in [0.29, 0.717) is 13.0 Å². The van der Waals surface area contributed by atoms with Crippen molar-refractivity contribution in [3.05, 3.63) is 29.8 Å². The van der Waals surface area contributed by atoms with Crippen molar-refractivity contribution >= 4 is 17.6 Å². The molecule has 1 atom stereocenters. The van der Waals surface area contributed by atoms with Crippen LogP contribution >= 0.6 is 0 Å². The summed E-state index contributed by atoms with van der Waals surface area (Å²) in [6.07, 6.45) is 0.560. The van der Waals surface area contributed by atoms with Gasteiger partial charge in [-0.05, 0) is 38.8 Å². The fourth-order valence-electron chi connectivity index (χ4n) is 2.56. The molecule has 0 aliphatic carbocycles. The smallest absolute Gasteiger partial charge is 0.313 e. The van der Waals surface area contributed by atoms with Crippen LogP contribution in [0.5, 0.6) is 0 Å². The molecule has 0 N–H and O–H groups in total. The van der Waals surface area contributed by atoms with Gasteiger partial charge in [0, 0.05) is 12.2 Å². The van der Waals surface area contributed by atoms with Crippen LogP contribution in [0.25, 0.3) is 0 Å². The van der Waals surface area contributed by atoms with Crippen molar-refractivity contribution in [2.75, 3.05) is 25.2 Å². The number of hydrogen-bond donors (Lipinski definition) is 0. The number of amides is 1. The molecule has 0 radical (unpaired) electrons. The Bertz CT molecular complexity index is 562. The van der Waals surface area contributed by atoms with Crippen LogP contribution in [-0.4, -0.2) is 37.7 Å². The third kappa shape index (κ3) is 3.65. The Hall–Kier alpha value is -1.88. The van der Waals surface area contributed by atoms with E-state index in [4.69, 9.17) is 9.47 Å². The minimum atomic E-state index is -0.362. The van der Waals surface area contributed by atoms with Gasteiger partial charge in [0.2, 0.25) is 0 Å². The average Bonchev–Trinajstić information content (AvgIpc) is 2.50. The minimum absolute atomic E-state index is 0.0285. The number of carbonyl (C=O) groups excluding carboxylic acids is 2. The van der Waals surface area contributed by atoms with E-state index in [1.807, 2.05) is 45.0 Å². The standard InChI is InChI=1S/C17H23NO4/c1-17(2,3)22-11-15(19)18-10-9-13(16(20)21-4)12-7-5-6-8-14(12)18/h5-8,13H,9-11H2,1-4H3. The van der Waals surface area contributed by atoms with Crippen LogP contribution in [0.2, 0.25) is 0 Å². The van der Waals surface area contributed by atoms with Crippen LogP contribution in [0.3, 0.4) is 0 Å². The number of rotatable bonds is 3. The van der Waals surface area contributed by atoms with Crippen molar-refractivity contribution in [2.45, 2.75) is 38.7 Å². The van der Waals surface area contributed by atoms with Crippen LogP contribution < -0.4 is 4.90 Å². The molecule has 0 spiro atoms. The molecular weight excluding hydrogens is 282 g/mol. The van der Waals surface area contributed by atoms with Gasteiger partial charge >= 0.3 is 5.97 Å². The molecule has 1 unspecified atom stereocenters. The number of nitrogens with zero attached hydrogens (tertiary/aromatic N) is 1. The molecule has 120 valence electrons. The van der Waals surface area contributed by atoms with Crippen LogP contribution in [0.4, 0.5) is 5.69 Å². The number of ether oxygens (including phenoxy) is 2. The predicted octanol–water partition coefficient (Wildman–Crippen LogP) is 2.50. The lowest BCUT2D eigenvalue weighted by atomic mass is 9.90. The highest BCUT2D eigenvalue weighted by atomic mass is 16.5. The van der Waals surface area contributed by atoms with Crippen LogP contribution in [0, 0.1) is 0 Å². The Morgan fingerprint density at radius 3 is 2.59 bits per heavy atom. The van der Waals surface area contributed by atoms with E-state index in [2.05, 4.69) is 0 Å². The van der Waals surface area contributed by atoms with E-state index >= 15 is 0 Å². The van der Waals surface area contributed by atoms with Crippen molar-refractivity contribution in [1.82, 2.24) is 0 Å². The maximum absolute atomic E-state index is 12.4.